The van der Waals surface area contributed by atoms with Crippen molar-refractivity contribution < 1.29 is 0 Å². The lowest BCUT2D eigenvalue weighted by Crippen LogP contribution is -1.93. The van der Waals surface area contributed by atoms with Crippen LogP contribution in [0.1, 0.15) is 0 Å². The molecule has 0 spiro atoms. The molecule has 3 heteroatoms. The van der Waals surface area contributed by atoms with E-state index in [2.05, 4.69) is 191 Å². The molecule has 0 fully saturated rings. The molecule has 51 heavy (non-hydrogen) atoms. The molecule has 0 amide bonds. The van der Waals surface area contributed by atoms with Gasteiger partial charge in [0.25, 0.3) is 0 Å². The van der Waals surface area contributed by atoms with Crippen LogP contribution in [0, 0.1) is 0 Å². The van der Waals surface area contributed by atoms with Gasteiger partial charge < -0.3 is 9.13 Å². The summed E-state index contributed by atoms with van der Waals surface area (Å²) < 4.78 is 7.53. The van der Waals surface area contributed by atoms with E-state index in [9.17, 15) is 0 Å². The molecular weight excluding hydrogens is 637 g/mol. The second-order valence-electron chi connectivity index (χ2n) is 13.3. The summed E-state index contributed by atoms with van der Waals surface area (Å²) in [5.41, 5.74) is 12.1. The Labute approximate surface area is 298 Å². The number of aromatic nitrogens is 2. The fraction of sp³-hybridized carbons (Fsp3) is 0. The maximum Gasteiger partial charge on any atom is 0.0719 e. The molecule has 238 valence electrons. The highest BCUT2D eigenvalue weighted by Crippen LogP contribution is 2.44. The molecule has 0 bridgehead atoms. The van der Waals surface area contributed by atoms with Gasteiger partial charge in [0, 0.05) is 48.4 Å². The molecule has 0 saturated heterocycles. The average Bonchev–Trinajstić information content (AvgIpc) is 3.86. The third-order valence-electron chi connectivity index (χ3n) is 10.5. The van der Waals surface area contributed by atoms with E-state index in [4.69, 9.17) is 0 Å². The first-order chi connectivity index (χ1) is 25.3. The molecule has 0 radical (unpaired) electrons. The van der Waals surface area contributed by atoms with Gasteiger partial charge in [-0.25, -0.2) is 0 Å². The predicted molar refractivity (Wildman–Crippen MR) is 219 cm³/mol. The number of benzene rings is 8. The average molecular weight is 667 g/mol. The lowest BCUT2D eigenvalue weighted by molar-refractivity contribution is 1.18. The SMILES string of the molecule is c1ccc(-c2ccc3c4cc(-c5ccc6c(c5)c5ccc7c8ccccc8sc7c5n6-c5ccccc5)ccc4n(-c4ccccc4)c3c2)cc1. The molecule has 0 saturated carbocycles. The third kappa shape index (κ3) is 4.29. The minimum atomic E-state index is 1.16. The molecule has 3 aromatic heterocycles. The molecule has 0 unspecified atom stereocenters. The Kier molecular flexibility index (Phi) is 6.16. The van der Waals surface area contributed by atoms with Crippen molar-refractivity contribution in [2.75, 3.05) is 0 Å². The fourth-order valence-electron chi connectivity index (χ4n) is 8.17. The Balaban J connectivity index is 1.15. The first-order valence-electron chi connectivity index (χ1n) is 17.4. The summed E-state index contributed by atoms with van der Waals surface area (Å²) in [7, 11) is 0. The summed E-state index contributed by atoms with van der Waals surface area (Å²) in [5, 5.41) is 7.70. The molecule has 11 rings (SSSR count). The summed E-state index contributed by atoms with van der Waals surface area (Å²) in [5.74, 6) is 0. The highest BCUT2D eigenvalue weighted by Gasteiger charge is 2.19. The van der Waals surface area contributed by atoms with Crippen molar-refractivity contribution in [2.24, 2.45) is 0 Å². The van der Waals surface area contributed by atoms with Crippen LogP contribution < -0.4 is 0 Å². The van der Waals surface area contributed by atoms with Crippen LogP contribution in [-0.2, 0) is 0 Å². The van der Waals surface area contributed by atoms with E-state index in [1.807, 2.05) is 11.3 Å². The van der Waals surface area contributed by atoms with Crippen LogP contribution in [-0.4, -0.2) is 9.13 Å². The Morgan fingerprint density at radius 3 is 1.57 bits per heavy atom. The number of fused-ring (bicyclic) bond motifs is 10. The highest BCUT2D eigenvalue weighted by molar-refractivity contribution is 7.26. The Bertz CT molecular complexity index is 3110. The molecule has 2 nitrogen and oxygen atoms in total. The zero-order chi connectivity index (χ0) is 33.5. The van der Waals surface area contributed by atoms with Crippen LogP contribution in [0.4, 0.5) is 0 Å². The number of rotatable bonds is 4. The van der Waals surface area contributed by atoms with Crippen molar-refractivity contribution in [3.63, 3.8) is 0 Å². The highest BCUT2D eigenvalue weighted by atomic mass is 32.1. The smallest absolute Gasteiger partial charge is 0.0719 e. The van der Waals surface area contributed by atoms with Crippen LogP contribution in [0.25, 0.3) is 97.4 Å². The minimum Gasteiger partial charge on any atom is -0.309 e. The van der Waals surface area contributed by atoms with Gasteiger partial charge in [0.15, 0.2) is 0 Å². The van der Waals surface area contributed by atoms with E-state index >= 15 is 0 Å². The molecule has 0 atom stereocenters. The normalized spacial score (nSPS) is 11.9. The van der Waals surface area contributed by atoms with E-state index in [0.29, 0.717) is 0 Å². The Morgan fingerprint density at radius 2 is 0.843 bits per heavy atom. The van der Waals surface area contributed by atoms with Gasteiger partial charge in [-0.3, -0.25) is 0 Å². The molecule has 0 N–H and O–H groups in total. The van der Waals surface area contributed by atoms with E-state index < -0.39 is 0 Å². The molecule has 0 aliphatic carbocycles. The van der Waals surface area contributed by atoms with Crippen molar-refractivity contribution in [3.05, 3.63) is 182 Å². The molecule has 8 aromatic carbocycles. The second-order valence-corrected chi connectivity index (χ2v) is 14.4. The van der Waals surface area contributed by atoms with Crippen molar-refractivity contribution >= 4 is 75.1 Å². The van der Waals surface area contributed by atoms with Crippen LogP contribution in [0.2, 0.25) is 0 Å². The van der Waals surface area contributed by atoms with Crippen molar-refractivity contribution in [2.45, 2.75) is 0 Å². The second kappa shape index (κ2) is 11.0. The van der Waals surface area contributed by atoms with Crippen LogP contribution in [0.3, 0.4) is 0 Å². The molecule has 0 aliphatic heterocycles. The van der Waals surface area contributed by atoms with Gasteiger partial charge in [-0.15, -0.1) is 11.3 Å². The van der Waals surface area contributed by atoms with Gasteiger partial charge in [-0.2, -0.15) is 0 Å². The predicted octanol–water partition coefficient (Wildman–Crippen LogP) is 13.6. The largest absolute Gasteiger partial charge is 0.309 e. The van der Waals surface area contributed by atoms with Crippen LogP contribution in [0.15, 0.2) is 182 Å². The van der Waals surface area contributed by atoms with E-state index in [0.717, 1.165) is 5.69 Å². The topological polar surface area (TPSA) is 9.86 Å². The van der Waals surface area contributed by atoms with Gasteiger partial charge >= 0.3 is 0 Å². The van der Waals surface area contributed by atoms with Gasteiger partial charge in [0.1, 0.15) is 0 Å². The molecular formula is C48H30N2S. The Hall–Kier alpha value is -6.42. The number of para-hydroxylation sites is 2. The fourth-order valence-corrected chi connectivity index (χ4v) is 9.41. The molecule has 3 heterocycles. The van der Waals surface area contributed by atoms with Crippen LogP contribution >= 0.6 is 11.3 Å². The zero-order valence-corrected chi connectivity index (χ0v) is 28.4. The Morgan fingerprint density at radius 1 is 0.314 bits per heavy atom. The third-order valence-corrected chi connectivity index (χ3v) is 11.7. The van der Waals surface area contributed by atoms with Crippen LogP contribution in [0.5, 0.6) is 0 Å². The van der Waals surface area contributed by atoms with Gasteiger partial charge in [0.05, 0.1) is 26.8 Å². The summed E-state index contributed by atoms with van der Waals surface area (Å²) in [6, 6.07) is 66.6. The quantitative estimate of drug-likeness (QED) is 0.177. The van der Waals surface area contributed by atoms with Crippen molar-refractivity contribution in [1.29, 1.82) is 0 Å². The summed E-state index contributed by atoms with van der Waals surface area (Å²) in [6.07, 6.45) is 0. The first-order valence-corrected chi connectivity index (χ1v) is 18.3. The summed E-state index contributed by atoms with van der Waals surface area (Å²) in [6.45, 7) is 0. The monoisotopic (exact) mass is 666 g/mol. The van der Waals surface area contributed by atoms with Crippen molar-refractivity contribution in [3.8, 4) is 33.6 Å². The zero-order valence-electron chi connectivity index (χ0n) is 27.6. The van der Waals surface area contributed by atoms with Gasteiger partial charge in [0.2, 0.25) is 0 Å². The van der Waals surface area contributed by atoms with Gasteiger partial charge in [-0.1, -0.05) is 121 Å². The number of nitrogens with zero attached hydrogens (tertiary/aromatic N) is 2. The maximum absolute atomic E-state index is 2.47. The number of thiophene rings is 1. The summed E-state index contributed by atoms with van der Waals surface area (Å²) >= 11 is 1.90. The molecule has 11 aromatic rings. The summed E-state index contributed by atoms with van der Waals surface area (Å²) in [4.78, 5) is 0. The lowest BCUT2D eigenvalue weighted by atomic mass is 9.99. The standard InChI is InChI=1S/C48H30N2S/c1-4-12-31(13-5-1)34-20-23-37-41-28-32(21-26-43(41)49(45(37)30-34)35-14-6-2-7-15-35)33-22-27-44-42(29-33)39-24-25-40-38-18-10-11-19-46(38)51-48(40)47(39)50(44)36-16-8-3-9-17-36/h1-30H. The van der Waals surface area contributed by atoms with E-state index in [1.165, 1.54) is 91.7 Å². The minimum absolute atomic E-state index is 1.16. The lowest BCUT2D eigenvalue weighted by Gasteiger charge is -2.10. The van der Waals surface area contributed by atoms with Crippen molar-refractivity contribution in [1.82, 2.24) is 9.13 Å². The van der Waals surface area contributed by atoms with E-state index in [1.54, 1.807) is 0 Å². The molecule has 0 aliphatic rings. The number of hydrogen-bond donors (Lipinski definition) is 0. The number of hydrogen-bond acceptors (Lipinski definition) is 1. The first kappa shape index (κ1) is 28.4. The maximum atomic E-state index is 2.47. The van der Waals surface area contributed by atoms with E-state index in [-0.39, 0.29) is 0 Å². The van der Waals surface area contributed by atoms with Gasteiger partial charge in [-0.05, 0) is 82.9 Å².